The molecule has 316 valence electrons. The van der Waals surface area contributed by atoms with E-state index in [-0.39, 0.29) is 43.3 Å². The zero-order chi connectivity index (χ0) is 41.5. The molecule has 3 amide bonds. The average Bonchev–Trinajstić information content (AvgIpc) is 3.24. The highest BCUT2D eigenvalue weighted by atomic mass is 16.5. The molecule has 3 aromatic rings. The minimum atomic E-state index is -0.414. The molecule has 0 aliphatic rings. The summed E-state index contributed by atoms with van der Waals surface area (Å²) in [7, 11) is 0. The van der Waals surface area contributed by atoms with Crippen molar-refractivity contribution in [1.82, 2.24) is 10.6 Å². The number of nitrogens with two attached hydrogens (primary N) is 1. The third-order valence-corrected chi connectivity index (χ3v) is 8.52. The Hall–Kier alpha value is -5.37. The van der Waals surface area contributed by atoms with Gasteiger partial charge in [0.05, 0.1) is 39.5 Å². The van der Waals surface area contributed by atoms with Crippen LogP contribution in [-0.2, 0) is 14.3 Å². The van der Waals surface area contributed by atoms with Gasteiger partial charge in [0.2, 0.25) is 5.91 Å². The fourth-order valence-electron chi connectivity index (χ4n) is 5.58. The summed E-state index contributed by atoms with van der Waals surface area (Å²) in [6.07, 6.45) is 12.2. The molecule has 13 nitrogen and oxygen atoms in total. The summed E-state index contributed by atoms with van der Waals surface area (Å²) >= 11 is 0. The fourth-order valence-corrected chi connectivity index (χ4v) is 5.58. The van der Waals surface area contributed by atoms with Crippen LogP contribution in [0.15, 0.2) is 92.0 Å². The van der Waals surface area contributed by atoms with Crippen LogP contribution in [-0.4, -0.2) is 90.2 Å². The molecule has 0 atom stereocenters. The summed E-state index contributed by atoms with van der Waals surface area (Å²) in [6.45, 7) is 11.5. The first kappa shape index (κ1) is 47.0. The number of carbonyl (C=O) groups excluding carboxylic acids is 3. The molecule has 0 radical (unpaired) electrons. The van der Waals surface area contributed by atoms with E-state index in [1.807, 2.05) is 0 Å². The number of unbranched alkanes of at least 4 members (excludes halogenated alkanes) is 7. The van der Waals surface area contributed by atoms with Crippen LogP contribution in [0.2, 0.25) is 0 Å². The van der Waals surface area contributed by atoms with E-state index in [2.05, 4.69) is 29.1 Å². The van der Waals surface area contributed by atoms with Crippen LogP contribution in [0.5, 0.6) is 23.0 Å². The van der Waals surface area contributed by atoms with Crippen molar-refractivity contribution in [3.05, 3.63) is 103 Å². The van der Waals surface area contributed by atoms with E-state index >= 15 is 0 Å². The Labute approximate surface area is 343 Å². The highest BCUT2D eigenvalue weighted by Crippen LogP contribution is 2.20. The van der Waals surface area contributed by atoms with E-state index in [9.17, 15) is 14.4 Å². The van der Waals surface area contributed by atoms with Gasteiger partial charge >= 0.3 is 0 Å². The molecule has 3 rings (SSSR count). The molecule has 3 aromatic carbocycles. The Kier molecular flexibility index (Phi) is 24.2. The van der Waals surface area contributed by atoms with E-state index in [0.717, 1.165) is 45.1 Å². The van der Waals surface area contributed by atoms with E-state index in [1.165, 1.54) is 18.9 Å². The highest BCUT2D eigenvalue weighted by Gasteiger charge is 2.15. The normalized spacial score (nSPS) is 10.6. The molecule has 0 heterocycles. The maximum absolute atomic E-state index is 13.3. The summed E-state index contributed by atoms with van der Waals surface area (Å²) in [4.78, 5) is 39.5. The number of amides is 3. The number of hydrogen-bond donors (Lipinski definition) is 4. The first-order valence-corrected chi connectivity index (χ1v) is 20.2. The molecule has 0 aliphatic carbocycles. The van der Waals surface area contributed by atoms with Crippen molar-refractivity contribution in [3.8, 4) is 23.0 Å². The molecular weight excluding hydrogens is 741 g/mol. The monoisotopic (exact) mass is 802 g/mol. The third kappa shape index (κ3) is 20.7. The number of nitrogens with one attached hydrogen (secondary N) is 3. The summed E-state index contributed by atoms with van der Waals surface area (Å²) in [6, 6.07) is 18.9. The van der Waals surface area contributed by atoms with Gasteiger partial charge in [0.1, 0.15) is 49.4 Å². The second-order valence-corrected chi connectivity index (χ2v) is 13.3. The smallest absolute Gasteiger partial charge is 0.251 e. The van der Waals surface area contributed by atoms with Gasteiger partial charge in [0, 0.05) is 23.2 Å². The van der Waals surface area contributed by atoms with Crippen molar-refractivity contribution in [3.63, 3.8) is 0 Å². The third-order valence-electron chi connectivity index (χ3n) is 8.52. The quantitative estimate of drug-likeness (QED) is 0.0377. The van der Waals surface area contributed by atoms with E-state index in [0.29, 0.717) is 74.7 Å². The maximum Gasteiger partial charge on any atom is 0.251 e. The van der Waals surface area contributed by atoms with Crippen LogP contribution in [0.1, 0.15) is 78.5 Å². The summed E-state index contributed by atoms with van der Waals surface area (Å²) < 4.78 is 33.5. The molecule has 0 unspecified atom stereocenters. The van der Waals surface area contributed by atoms with Crippen molar-refractivity contribution >= 4 is 23.4 Å². The van der Waals surface area contributed by atoms with Gasteiger partial charge in [-0.05, 0) is 86.1 Å². The van der Waals surface area contributed by atoms with Gasteiger partial charge in [-0.3, -0.25) is 14.4 Å². The van der Waals surface area contributed by atoms with Gasteiger partial charge in [-0.2, -0.15) is 0 Å². The molecule has 0 saturated heterocycles. The zero-order valence-corrected chi connectivity index (χ0v) is 33.8. The lowest BCUT2D eigenvalue weighted by Gasteiger charge is -2.13. The molecule has 0 spiro atoms. The van der Waals surface area contributed by atoms with Gasteiger partial charge in [-0.25, -0.2) is 0 Å². The largest absolute Gasteiger partial charge is 0.492 e. The van der Waals surface area contributed by atoms with Gasteiger partial charge < -0.3 is 50.1 Å². The standard InChI is InChI=1S/C45H62N4O9/c1-3-25-53-29-31-57-41-18-14-39(15-19-41)55-27-23-47-44(51)36-33-37(35-38(34-36)49-43(50)13-11-9-7-5-6-8-10-12-22-46)45(52)48-24-28-56-40-16-20-42(21-17-40)58-32-30-54-26-4-2/h3-4,14-21,33-35H,1-2,5-13,22-32,46H2,(H,47,51)(H,48,52)(H,49,50). The lowest BCUT2D eigenvalue weighted by Crippen LogP contribution is -2.30. The second kappa shape index (κ2) is 29.8. The van der Waals surface area contributed by atoms with Gasteiger partial charge in [0.25, 0.3) is 11.8 Å². The number of hydrogen-bond acceptors (Lipinski definition) is 10. The van der Waals surface area contributed by atoms with Crippen molar-refractivity contribution in [2.75, 3.05) is 77.8 Å². The van der Waals surface area contributed by atoms with Gasteiger partial charge in [-0.1, -0.05) is 50.7 Å². The Morgan fingerprint density at radius 2 is 0.931 bits per heavy atom. The van der Waals surface area contributed by atoms with Crippen LogP contribution >= 0.6 is 0 Å². The van der Waals surface area contributed by atoms with Crippen molar-refractivity contribution in [2.45, 2.75) is 57.8 Å². The minimum Gasteiger partial charge on any atom is -0.492 e. The number of anilines is 1. The molecule has 13 heteroatoms. The molecule has 58 heavy (non-hydrogen) atoms. The second-order valence-electron chi connectivity index (χ2n) is 13.3. The topological polar surface area (TPSA) is 169 Å². The Morgan fingerprint density at radius 1 is 0.534 bits per heavy atom. The number of benzene rings is 3. The first-order chi connectivity index (χ1) is 28.4. The molecule has 0 aromatic heterocycles. The van der Waals surface area contributed by atoms with Gasteiger partial charge in [-0.15, -0.1) is 13.2 Å². The van der Waals surface area contributed by atoms with Crippen LogP contribution in [0.4, 0.5) is 5.69 Å². The van der Waals surface area contributed by atoms with Crippen LogP contribution in [0.25, 0.3) is 0 Å². The average molecular weight is 803 g/mol. The predicted molar refractivity (Wildman–Crippen MR) is 227 cm³/mol. The maximum atomic E-state index is 13.3. The molecule has 0 bridgehead atoms. The zero-order valence-electron chi connectivity index (χ0n) is 33.8. The molecule has 5 N–H and O–H groups in total. The lowest BCUT2D eigenvalue weighted by molar-refractivity contribution is -0.116. The SMILES string of the molecule is C=CCOCCOc1ccc(OCCNC(=O)c2cc(NC(=O)CCCCCCCCCCN)cc(C(=O)NCCOc3ccc(OCCOCC=C)cc3)c2)cc1. The number of ether oxygens (including phenoxy) is 6. The lowest BCUT2D eigenvalue weighted by atomic mass is 10.1. The Morgan fingerprint density at radius 3 is 1.34 bits per heavy atom. The van der Waals surface area contributed by atoms with E-state index < -0.39 is 11.8 Å². The Balaban J connectivity index is 1.51. The van der Waals surface area contributed by atoms with Crippen LogP contribution in [0.3, 0.4) is 0 Å². The highest BCUT2D eigenvalue weighted by molar-refractivity contribution is 6.02. The predicted octanol–water partition coefficient (Wildman–Crippen LogP) is 6.88. The minimum absolute atomic E-state index is 0.177. The van der Waals surface area contributed by atoms with Crippen molar-refractivity contribution in [2.24, 2.45) is 5.73 Å². The van der Waals surface area contributed by atoms with Crippen LogP contribution < -0.4 is 40.6 Å². The Bertz CT molecular complexity index is 1530. The summed E-state index contributed by atoms with van der Waals surface area (Å²) in [5.41, 5.74) is 6.38. The summed E-state index contributed by atoms with van der Waals surface area (Å²) in [5.74, 6) is 1.60. The number of carbonyl (C=O) groups is 3. The number of rotatable bonds is 33. The molecule has 0 fully saturated rings. The van der Waals surface area contributed by atoms with Gasteiger partial charge in [0.15, 0.2) is 0 Å². The fraction of sp³-hybridized carbons (Fsp3) is 0.444. The molecule has 0 aliphatic heterocycles. The molecule has 0 saturated carbocycles. The van der Waals surface area contributed by atoms with E-state index in [4.69, 9.17) is 34.2 Å². The van der Waals surface area contributed by atoms with Crippen molar-refractivity contribution in [1.29, 1.82) is 0 Å². The first-order valence-electron chi connectivity index (χ1n) is 20.2. The van der Waals surface area contributed by atoms with Crippen LogP contribution in [0, 0.1) is 0 Å². The molecular formula is C45H62N4O9. The van der Waals surface area contributed by atoms with Crippen molar-refractivity contribution < 1.29 is 42.8 Å². The summed E-state index contributed by atoms with van der Waals surface area (Å²) in [5, 5.41) is 8.56. The van der Waals surface area contributed by atoms with E-state index in [1.54, 1.807) is 72.8 Å².